The summed E-state index contributed by atoms with van der Waals surface area (Å²) < 4.78 is 14.2. The van der Waals surface area contributed by atoms with Gasteiger partial charge in [-0.1, -0.05) is 49.2 Å². The van der Waals surface area contributed by atoms with Crippen molar-refractivity contribution >= 4 is 60.0 Å². The van der Waals surface area contributed by atoms with E-state index >= 15 is 0 Å². The molecular weight excluding hydrogens is 546 g/mol. The standard InChI is InChI=1S/C34H35N3O4S/c38-28-22-31(37-18-20-40-21-19-37)41-33-23(9-7-10-25(28)33)24-12-13-27(32-26-8-3-4-11-29(26)42-34(24)32)35-30(39)14-17-36-15-5-1-2-6-16-36/h3-4,7-13,22H,1-2,5-6,14-21H2,(H,35,39). The second kappa shape index (κ2) is 11.9. The van der Waals surface area contributed by atoms with E-state index < -0.39 is 0 Å². The number of carbonyl (C=O) groups is 1. The third-order valence-corrected chi connectivity index (χ3v) is 9.71. The molecule has 216 valence electrons. The minimum absolute atomic E-state index is 0.0369. The first-order valence-corrected chi connectivity index (χ1v) is 15.8. The lowest BCUT2D eigenvalue weighted by Gasteiger charge is -2.27. The summed E-state index contributed by atoms with van der Waals surface area (Å²) in [6.45, 7) is 5.53. The Hall–Kier alpha value is -3.72. The smallest absolute Gasteiger partial charge is 0.225 e. The number of rotatable bonds is 6. The van der Waals surface area contributed by atoms with Gasteiger partial charge in [0.15, 0.2) is 11.3 Å². The molecule has 0 atom stereocenters. The Morgan fingerprint density at radius 3 is 2.48 bits per heavy atom. The number of morpholine rings is 1. The van der Waals surface area contributed by atoms with Gasteiger partial charge >= 0.3 is 0 Å². The second-order valence-corrected chi connectivity index (χ2v) is 12.3. The molecular formula is C34H35N3O4S. The first-order valence-electron chi connectivity index (χ1n) is 15.0. The van der Waals surface area contributed by atoms with Crippen molar-refractivity contribution in [2.24, 2.45) is 0 Å². The second-order valence-electron chi connectivity index (χ2n) is 11.2. The number of para-hydroxylation sites is 1. The molecule has 1 N–H and O–H groups in total. The quantitative estimate of drug-likeness (QED) is 0.236. The molecule has 0 unspecified atom stereocenters. The van der Waals surface area contributed by atoms with Gasteiger partial charge in [0, 0.05) is 63.4 Å². The maximum atomic E-state index is 13.2. The molecule has 2 fully saturated rings. The Labute approximate surface area is 248 Å². The number of ether oxygens (including phenoxy) is 1. The molecule has 0 aliphatic carbocycles. The molecule has 0 bridgehead atoms. The lowest BCUT2D eigenvalue weighted by atomic mass is 9.99. The SMILES string of the molecule is O=C(CCN1CCCCCC1)Nc1ccc(-c2cccc3c(=O)cc(N4CCOCC4)oc23)c2sc3ccccc3c12. The predicted molar refractivity (Wildman–Crippen MR) is 172 cm³/mol. The molecule has 0 spiro atoms. The maximum absolute atomic E-state index is 13.2. The van der Waals surface area contributed by atoms with Crippen LogP contribution in [0.4, 0.5) is 11.6 Å². The van der Waals surface area contributed by atoms with Gasteiger partial charge in [-0.05, 0) is 44.1 Å². The van der Waals surface area contributed by atoms with E-state index in [1.54, 1.807) is 17.4 Å². The molecule has 4 heterocycles. The van der Waals surface area contributed by atoms with Gasteiger partial charge in [-0.15, -0.1) is 11.3 Å². The molecule has 8 heteroatoms. The summed E-state index contributed by atoms with van der Waals surface area (Å²) in [6, 6.07) is 19.7. The van der Waals surface area contributed by atoms with Crippen molar-refractivity contribution in [3.8, 4) is 11.1 Å². The van der Waals surface area contributed by atoms with Crippen molar-refractivity contribution in [3.63, 3.8) is 0 Å². The van der Waals surface area contributed by atoms with Crippen molar-refractivity contribution < 1.29 is 13.9 Å². The number of likely N-dealkylation sites (tertiary alicyclic amines) is 1. The number of nitrogens with one attached hydrogen (secondary N) is 1. The van der Waals surface area contributed by atoms with Crippen LogP contribution in [0, 0.1) is 0 Å². The largest absolute Gasteiger partial charge is 0.440 e. The number of thiophene rings is 1. The van der Waals surface area contributed by atoms with Crippen LogP contribution < -0.4 is 15.6 Å². The van der Waals surface area contributed by atoms with Crippen LogP contribution in [0.1, 0.15) is 32.1 Å². The van der Waals surface area contributed by atoms with Gasteiger partial charge in [-0.25, -0.2) is 0 Å². The van der Waals surface area contributed by atoms with E-state index in [0.717, 1.165) is 56.6 Å². The maximum Gasteiger partial charge on any atom is 0.225 e. The molecule has 1 amide bonds. The molecule has 5 aromatic rings. The van der Waals surface area contributed by atoms with Gasteiger partial charge in [-0.2, -0.15) is 0 Å². The highest BCUT2D eigenvalue weighted by molar-refractivity contribution is 7.26. The van der Waals surface area contributed by atoms with Gasteiger partial charge < -0.3 is 24.3 Å². The summed E-state index contributed by atoms with van der Waals surface area (Å²) in [5.41, 5.74) is 3.21. The molecule has 3 aromatic carbocycles. The summed E-state index contributed by atoms with van der Waals surface area (Å²) in [7, 11) is 0. The van der Waals surface area contributed by atoms with Crippen LogP contribution in [-0.4, -0.2) is 56.7 Å². The monoisotopic (exact) mass is 581 g/mol. The lowest BCUT2D eigenvalue weighted by Crippen LogP contribution is -2.36. The number of nitrogens with zero attached hydrogens (tertiary/aromatic N) is 2. The molecule has 2 aliphatic heterocycles. The molecule has 2 aromatic heterocycles. The fourth-order valence-corrected chi connectivity index (χ4v) is 7.55. The zero-order valence-electron chi connectivity index (χ0n) is 23.7. The molecule has 42 heavy (non-hydrogen) atoms. The summed E-state index contributed by atoms with van der Waals surface area (Å²) >= 11 is 1.70. The van der Waals surface area contributed by atoms with E-state index in [-0.39, 0.29) is 11.3 Å². The summed E-state index contributed by atoms with van der Waals surface area (Å²) in [4.78, 5) is 30.9. The minimum atomic E-state index is -0.0551. The zero-order chi connectivity index (χ0) is 28.5. The van der Waals surface area contributed by atoms with Crippen molar-refractivity contribution in [1.82, 2.24) is 4.90 Å². The normalized spacial score (nSPS) is 16.7. The molecule has 7 nitrogen and oxygen atoms in total. The Bertz CT molecular complexity index is 1810. The van der Waals surface area contributed by atoms with Crippen LogP contribution >= 0.6 is 11.3 Å². The summed E-state index contributed by atoms with van der Waals surface area (Å²) in [5.74, 6) is 0.610. The van der Waals surface area contributed by atoms with Crippen LogP contribution in [0.15, 0.2) is 69.9 Å². The van der Waals surface area contributed by atoms with Crippen molar-refractivity contribution in [2.75, 3.05) is 56.2 Å². The van der Waals surface area contributed by atoms with E-state index in [2.05, 4.69) is 33.3 Å². The Balaban J connectivity index is 1.29. The average molecular weight is 582 g/mol. The van der Waals surface area contributed by atoms with E-state index in [4.69, 9.17) is 9.15 Å². The van der Waals surface area contributed by atoms with Crippen molar-refractivity contribution in [3.05, 3.63) is 70.9 Å². The highest BCUT2D eigenvalue weighted by Crippen LogP contribution is 2.45. The topological polar surface area (TPSA) is 75.0 Å². The predicted octanol–water partition coefficient (Wildman–Crippen LogP) is 6.87. The Morgan fingerprint density at radius 2 is 1.64 bits per heavy atom. The van der Waals surface area contributed by atoms with Crippen LogP contribution in [0.25, 0.3) is 42.3 Å². The van der Waals surface area contributed by atoms with Crippen molar-refractivity contribution in [1.29, 1.82) is 0 Å². The Kier molecular flexibility index (Phi) is 7.67. The molecule has 0 radical (unpaired) electrons. The van der Waals surface area contributed by atoms with Gasteiger partial charge in [0.2, 0.25) is 5.91 Å². The number of anilines is 2. The van der Waals surface area contributed by atoms with E-state index in [1.165, 1.54) is 25.7 Å². The highest BCUT2D eigenvalue weighted by atomic mass is 32.1. The third-order valence-electron chi connectivity index (χ3n) is 8.51. The van der Waals surface area contributed by atoms with Gasteiger partial charge in [0.1, 0.15) is 5.58 Å². The number of amides is 1. The van der Waals surface area contributed by atoms with Gasteiger partial charge in [-0.3, -0.25) is 9.59 Å². The summed E-state index contributed by atoms with van der Waals surface area (Å²) in [5, 5.41) is 5.94. The average Bonchev–Trinajstić information content (AvgIpc) is 3.22. The van der Waals surface area contributed by atoms with E-state index in [9.17, 15) is 9.59 Å². The number of hydrogen-bond donors (Lipinski definition) is 1. The molecule has 2 saturated heterocycles. The number of fused-ring (bicyclic) bond motifs is 4. The Morgan fingerprint density at radius 1 is 0.857 bits per heavy atom. The van der Waals surface area contributed by atoms with E-state index in [0.29, 0.717) is 49.6 Å². The lowest BCUT2D eigenvalue weighted by molar-refractivity contribution is -0.116. The molecule has 0 saturated carbocycles. The van der Waals surface area contributed by atoms with Crippen LogP contribution in [0.5, 0.6) is 0 Å². The molecule has 2 aliphatic rings. The third kappa shape index (κ3) is 5.30. The first kappa shape index (κ1) is 27.1. The van der Waals surface area contributed by atoms with Gasteiger partial charge in [0.05, 0.1) is 24.3 Å². The molecule has 7 rings (SSSR count). The van der Waals surface area contributed by atoms with Crippen LogP contribution in [0.3, 0.4) is 0 Å². The fraction of sp³-hybridized carbons (Fsp3) is 0.353. The zero-order valence-corrected chi connectivity index (χ0v) is 24.5. The number of carbonyl (C=O) groups excluding carboxylic acids is 1. The van der Waals surface area contributed by atoms with E-state index in [1.807, 2.05) is 36.4 Å². The number of hydrogen-bond acceptors (Lipinski definition) is 7. The minimum Gasteiger partial charge on any atom is -0.440 e. The highest BCUT2D eigenvalue weighted by Gasteiger charge is 2.21. The van der Waals surface area contributed by atoms with Crippen LogP contribution in [-0.2, 0) is 9.53 Å². The van der Waals surface area contributed by atoms with Gasteiger partial charge in [0.25, 0.3) is 0 Å². The first-order chi connectivity index (χ1) is 20.7. The summed E-state index contributed by atoms with van der Waals surface area (Å²) in [6.07, 6.45) is 5.48. The van der Waals surface area contributed by atoms with Crippen LogP contribution in [0.2, 0.25) is 0 Å². The number of benzene rings is 3. The van der Waals surface area contributed by atoms with Crippen molar-refractivity contribution in [2.45, 2.75) is 32.1 Å². The fourth-order valence-electron chi connectivity index (χ4n) is 6.29.